The lowest BCUT2D eigenvalue weighted by Gasteiger charge is -2.22. The number of amides is 1. The molecule has 0 aliphatic carbocycles. The average Bonchev–Trinajstić information content (AvgIpc) is 2.72. The molecule has 0 aliphatic rings. The minimum Gasteiger partial charge on any atom is -0.480 e. The number of carboxylic acids is 1. The summed E-state index contributed by atoms with van der Waals surface area (Å²) in [6.07, 6.45) is 1.36. The van der Waals surface area contributed by atoms with Gasteiger partial charge in [0.2, 0.25) is 5.91 Å². The Hall–Kier alpha value is -1.85. The SMILES string of the molecule is Cc1noc(C)c1C(C)CC(=O)NC(CCC(C)(C)C)C(=O)O. The van der Waals surface area contributed by atoms with E-state index < -0.39 is 12.0 Å². The van der Waals surface area contributed by atoms with E-state index in [0.29, 0.717) is 12.2 Å². The molecule has 2 unspecified atom stereocenters. The van der Waals surface area contributed by atoms with Crippen LogP contribution in [0.5, 0.6) is 0 Å². The Morgan fingerprint density at radius 1 is 1.30 bits per heavy atom. The van der Waals surface area contributed by atoms with Crippen LogP contribution in [0.4, 0.5) is 0 Å². The molecule has 1 aromatic rings. The molecule has 1 amide bonds. The van der Waals surface area contributed by atoms with E-state index in [2.05, 4.69) is 10.5 Å². The van der Waals surface area contributed by atoms with E-state index in [-0.39, 0.29) is 23.7 Å². The Bertz CT molecular complexity index is 538. The maximum Gasteiger partial charge on any atom is 0.326 e. The zero-order valence-electron chi connectivity index (χ0n) is 14.9. The highest BCUT2D eigenvalue weighted by Crippen LogP contribution is 2.26. The Kier molecular flexibility index (Phi) is 6.36. The molecule has 6 nitrogen and oxygen atoms in total. The molecular formula is C17H28N2O4. The van der Waals surface area contributed by atoms with E-state index in [9.17, 15) is 14.7 Å². The van der Waals surface area contributed by atoms with Gasteiger partial charge < -0.3 is 14.9 Å². The normalized spacial score (nSPS) is 14.3. The fourth-order valence-corrected chi connectivity index (χ4v) is 2.66. The van der Waals surface area contributed by atoms with Crippen LogP contribution in [0, 0.1) is 19.3 Å². The number of nitrogens with one attached hydrogen (secondary N) is 1. The smallest absolute Gasteiger partial charge is 0.326 e. The van der Waals surface area contributed by atoms with Gasteiger partial charge in [-0.25, -0.2) is 4.79 Å². The molecule has 0 bridgehead atoms. The van der Waals surface area contributed by atoms with Crippen LogP contribution in [0.25, 0.3) is 0 Å². The van der Waals surface area contributed by atoms with Gasteiger partial charge in [0, 0.05) is 12.0 Å². The van der Waals surface area contributed by atoms with E-state index in [4.69, 9.17) is 4.52 Å². The van der Waals surface area contributed by atoms with Crippen molar-refractivity contribution >= 4 is 11.9 Å². The number of nitrogens with zero attached hydrogens (tertiary/aromatic N) is 1. The lowest BCUT2D eigenvalue weighted by molar-refractivity contribution is -0.142. The quantitative estimate of drug-likeness (QED) is 0.803. The van der Waals surface area contributed by atoms with Gasteiger partial charge in [-0.05, 0) is 38.0 Å². The molecule has 1 rings (SSSR count). The molecule has 0 spiro atoms. The Labute approximate surface area is 137 Å². The number of aryl methyl sites for hydroxylation is 2. The van der Waals surface area contributed by atoms with Crippen LogP contribution in [-0.4, -0.2) is 28.2 Å². The zero-order chi connectivity index (χ0) is 17.8. The fraction of sp³-hybridized carbons (Fsp3) is 0.706. The Morgan fingerprint density at radius 2 is 1.91 bits per heavy atom. The number of aliphatic carboxylic acids is 1. The number of carbonyl (C=O) groups is 2. The van der Waals surface area contributed by atoms with E-state index in [0.717, 1.165) is 17.7 Å². The van der Waals surface area contributed by atoms with Gasteiger partial charge in [-0.15, -0.1) is 0 Å². The molecule has 0 radical (unpaired) electrons. The van der Waals surface area contributed by atoms with E-state index in [1.807, 2.05) is 41.5 Å². The Balaban J connectivity index is 2.64. The second kappa shape index (κ2) is 7.62. The summed E-state index contributed by atoms with van der Waals surface area (Å²) in [5.74, 6) is -0.630. The highest BCUT2D eigenvalue weighted by Gasteiger charge is 2.25. The summed E-state index contributed by atoms with van der Waals surface area (Å²) in [6.45, 7) is 11.7. The number of carbonyl (C=O) groups excluding carboxylic acids is 1. The zero-order valence-corrected chi connectivity index (χ0v) is 14.9. The van der Waals surface area contributed by atoms with E-state index in [1.165, 1.54) is 0 Å². The van der Waals surface area contributed by atoms with Gasteiger partial charge >= 0.3 is 5.97 Å². The van der Waals surface area contributed by atoms with Gasteiger partial charge in [0.15, 0.2) is 0 Å². The van der Waals surface area contributed by atoms with E-state index in [1.54, 1.807) is 0 Å². The summed E-state index contributed by atoms with van der Waals surface area (Å²) in [5.41, 5.74) is 1.72. The van der Waals surface area contributed by atoms with Gasteiger partial charge in [-0.3, -0.25) is 4.79 Å². The fourth-order valence-electron chi connectivity index (χ4n) is 2.66. The van der Waals surface area contributed by atoms with Crippen LogP contribution in [0.3, 0.4) is 0 Å². The third kappa shape index (κ3) is 6.04. The molecule has 0 saturated heterocycles. The van der Waals surface area contributed by atoms with Crippen LogP contribution in [0.15, 0.2) is 4.52 Å². The summed E-state index contributed by atoms with van der Waals surface area (Å²) in [6, 6.07) is -0.849. The van der Waals surface area contributed by atoms with Gasteiger partial charge in [-0.2, -0.15) is 0 Å². The van der Waals surface area contributed by atoms with Crippen molar-refractivity contribution in [1.29, 1.82) is 0 Å². The predicted octanol–water partition coefficient (Wildman–Crippen LogP) is 3.18. The van der Waals surface area contributed by atoms with Crippen molar-refractivity contribution in [3.63, 3.8) is 0 Å². The highest BCUT2D eigenvalue weighted by molar-refractivity contribution is 5.83. The molecule has 2 atom stereocenters. The van der Waals surface area contributed by atoms with Crippen molar-refractivity contribution in [2.24, 2.45) is 5.41 Å². The second-order valence-corrected chi connectivity index (χ2v) is 7.40. The predicted molar refractivity (Wildman–Crippen MR) is 87.3 cm³/mol. The first-order valence-electron chi connectivity index (χ1n) is 7.96. The second-order valence-electron chi connectivity index (χ2n) is 7.40. The number of hydrogen-bond acceptors (Lipinski definition) is 4. The third-order valence-electron chi connectivity index (χ3n) is 3.89. The van der Waals surface area contributed by atoms with E-state index >= 15 is 0 Å². The highest BCUT2D eigenvalue weighted by atomic mass is 16.5. The van der Waals surface area contributed by atoms with Crippen molar-refractivity contribution in [2.75, 3.05) is 0 Å². The minimum atomic E-state index is -0.993. The first kappa shape index (κ1) is 19.2. The van der Waals surface area contributed by atoms with Gasteiger partial charge in [0.25, 0.3) is 0 Å². The molecule has 1 aromatic heterocycles. The summed E-state index contributed by atoms with van der Waals surface area (Å²) in [4.78, 5) is 23.5. The first-order valence-corrected chi connectivity index (χ1v) is 7.96. The Morgan fingerprint density at radius 3 is 2.35 bits per heavy atom. The van der Waals surface area contributed by atoms with Crippen molar-refractivity contribution < 1.29 is 19.2 Å². The van der Waals surface area contributed by atoms with Crippen LogP contribution in [0.1, 0.15) is 69.9 Å². The molecule has 2 N–H and O–H groups in total. The summed E-state index contributed by atoms with van der Waals surface area (Å²) in [5, 5.41) is 15.8. The van der Waals surface area contributed by atoms with Crippen molar-refractivity contribution in [3.05, 3.63) is 17.0 Å². The molecule has 0 aromatic carbocycles. The van der Waals surface area contributed by atoms with Gasteiger partial charge in [-0.1, -0.05) is 32.9 Å². The van der Waals surface area contributed by atoms with Crippen LogP contribution in [-0.2, 0) is 9.59 Å². The largest absolute Gasteiger partial charge is 0.480 e. The molecule has 0 aliphatic heterocycles. The average molecular weight is 324 g/mol. The van der Waals surface area contributed by atoms with Crippen molar-refractivity contribution in [1.82, 2.24) is 10.5 Å². The maximum atomic E-state index is 12.2. The van der Waals surface area contributed by atoms with Gasteiger partial charge in [0.05, 0.1) is 5.69 Å². The van der Waals surface area contributed by atoms with Crippen LogP contribution in [0.2, 0.25) is 0 Å². The summed E-state index contributed by atoms with van der Waals surface area (Å²) < 4.78 is 5.12. The van der Waals surface area contributed by atoms with Crippen LogP contribution < -0.4 is 5.32 Å². The summed E-state index contributed by atoms with van der Waals surface area (Å²) >= 11 is 0. The van der Waals surface area contributed by atoms with Gasteiger partial charge in [0.1, 0.15) is 11.8 Å². The number of hydrogen-bond donors (Lipinski definition) is 2. The van der Waals surface area contributed by atoms with Crippen molar-refractivity contribution in [3.8, 4) is 0 Å². The number of aromatic nitrogens is 1. The standard InChI is InChI=1S/C17H28N2O4/c1-10(15-11(2)19-23-12(15)3)9-14(20)18-13(16(21)22)7-8-17(4,5)6/h10,13H,7-9H2,1-6H3,(H,18,20)(H,21,22). The number of rotatable bonds is 7. The molecule has 1 heterocycles. The molecular weight excluding hydrogens is 296 g/mol. The lowest BCUT2D eigenvalue weighted by atomic mass is 9.88. The lowest BCUT2D eigenvalue weighted by Crippen LogP contribution is -2.41. The molecule has 23 heavy (non-hydrogen) atoms. The minimum absolute atomic E-state index is 0.0302. The molecule has 6 heteroatoms. The first-order chi connectivity index (χ1) is 10.5. The topological polar surface area (TPSA) is 92.4 Å². The van der Waals surface area contributed by atoms with Crippen molar-refractivity contribution in [2.45, 2.75) is 72.8 Å². The maximum absolute atomic E-state index is 12.2. The van der Waals surface area contributed by atoms with Crippen LogP contribution >= 0.6 is 0 Å². The number of carboxylic acid groups (broad SMARTS) is 1. The molecule has 130 valence electrons. The summed E-state index contributed by atoms with van der Waals surface area (Å²) in [7, 11) is 0. The molecule has 0 saturated carbocycles. The molecule has 0 fully saturated rings. The third-order valence-corrected chi connectivity index (χ3v) is 3.89. The monoisotopic (exact) mass is 324 g/mol.